The molecular weight excluding hydrogens is 178 g/mol. The van der Waals surface area contributed by atoms with Crippen LogP contribution in [0.2, 0.25) is 0 Å². The number of hydrogen-bond donors (Lipinski definition) is 0. The molecule has 1 aliphatic rings. The molecule has 0 fully saturated rings. The lowest BCUT2D eigenvalue weighted by atomic mass is 9.94. The van der Waals surface area contributed by atoms with Gasteiger partial charge >= 0.3 is 0 Å². The smallest absolute Gasteiger partial charge is 0.201 e. The second-order valence-corrected chi connectivity index (χ2v) is 3.24. The number of rotatable bonds is 1. The van der Waals surface area contributed by atoms with E-state index in [1.165, 1.54) is 0 Å². The minimum Gasteiger partial charge on any atom is -0.465 e. The van der Waals surface area contributed by atoms with Crippen molar-refractivity contribution in [2.75, 3.05) is 7.11 Å². The van der Waals surface area contributed by atoms with E-state index < -0.39 is 0 Å². The van der Waals surface area contributed by atoms with E-state index in [1.807, 2.05) is 24.3 Å². The van der Waals surface area contributed by atoms with Gasteiger partial charge in [-0.05, 0) is 6.07 Å². The van der Waals surface area contributed by atoms with Gasteiger partial charge in [0.2, 0.25) is 6.29 Å². The Balaban J connectivity index is 2.37. The SMILES string of the molecule is COC1CC(C#N)c2ccccc2O1. The molecule has 0 aromatic heterocycles. The topological polar surface area (TPSA) is 42.2 Å². The summed E-state index contributed by atoms with van der Waals surface area (Å²) in [7, 11) is 1.59. The normalized spacial score (nSPS) is 24.6. The minimum atomic E-state index is -0.297. The molecule has 3 heteroatoms. The van der Waals surface area contributed by atoms with Crippen molar-refractivity contribution in [3.8, 4) is 11.8 Å². The molecule has 1 aromatic rings. The van der Waals surface area contributed by atoms with Crippen molar-refractivity contribution in [1.29, 1.82) is 5.26 Å². The third-order valence-electron chi connectivity index (χ3n) is 2.40. The minimum absolute atomic E-state index is 0.120. The van der Waals surface area contributed by atoms with E-state index in [1.54, 1.807) is 7.11 Å². The average Bonchev–Trinajstić information content (AvgIpc) is 2.27. The van der Waals surface area contributed by atoms with Crippen LogP contribution < -0.4 is 4.74 Å². The van der Waals surface area contributed by atoms with Crippen LogP contribution in [0.25, 0.3) is 0 Å². The van der Waals surface area contributed by atoms with Gasteiger partial charge in [0, 0.05) is 19.1 Å². The Kier molecular flexibility index (Phi) is 2.38. The summed E-state index contributed by atoms with van der Waals surface area (Å²) in [5.41, 5.74) is 0.961. The van der Waals surface area contributed by atoms with Crippen molar-refractivity contribution in [1.82, 2.24) is 0 Å². The maximum atomic E-state index is 8.99. The number of fused-ring (bicyclic) bond motifs is 1. The molecule has 0 N–H and O–H groups in total. The molecule has 3 nitrogen and oxygen atoms in total. The Bertz CT molecular complexity index is 370. The highest BCUT2D eigenvalue weighted by Gasteiger charge is 2.27. The second-order valence-electron chi connectivity index (χ2n) is 3.24. The molecule has 2 atom stereocenters. The Morgan fingerprint density at radius 3 is 3.00 bits per heavy atom. The number of nitrogens with zero attached hydrogens (tertiary/aromatic N) is 1. The zero-order chi connectivity index (χ0) is 9.97. The largest absolute Gasteiger partial charge is 0.465 e. The Morgan fingerprint density at radius 2 is 2.29 bits per heavy atom. The Labute approximate surface area is 82.9 Å². The van der Waals surface area contributed by atoms with Crippen LogP contribution >= 0.6 is 0 Å². The van der Waals surface area contributed by atoms with Crippen molar-refractivity contribution in [2.24, 2.45) is 0 Å². The fourth-order valence-corrected chi connectivity index (χ4v) is 1.65. The van der Waals surface area contributed by atoms with E-state index in [0.29, 0.717) is 6.42 Å². The molecule has 1 heterocycles. The molecule has 1 aromatic carbocycles. The summed E-state index contributed by atoms with van der Waals surface area (Å²) in [4.78, 5) is 0. The van der Waals surface area contributed by atoms with Crippen molar-refractivity contribution < 1.29 is 9.47 Å². The number of benzene rings is 1. The molecule has 0 aliphatic carbocycles. The molecule has 1 aliphatic heterocycles. The first kappa shape index (κ1) is 9.04. The highest BCUT2D eigenvalue weighted by molar-refractivity contribution is 5.40. The molecule has 0 bridgehead atoms. The maximum Gasteiger partial charge on any atom is 0.201 e. The van der Waals surface area contributed by atoms with E-state index in [9.17, 15) is 0 Å². The first-order valence-electron chi connectivity index (χ1n) is 4.53. The van der Waals surface area contributed by atoms with Gasteiger partial charge in [-0.1, -0.05) is 18.2 Å². The van der Waals surface area contributed by atoms with Crippen LogP contribution in [0.3, 0.4) is 0 Å². The lowest BCUT2D eigenvalue weighted by Crippen LogP contribution is -2.26. The van der Waals surface area contributed by atoms with Gasteiger partial charge in [-0.15, -0.1) is 0 Å². The zero-order valence-corrected chi connectivity index (χ0v) is 7.93. The molecule has 0 amide bonds. The molecule has 0 saturated carbocycles. The maximum absolute atomic E-state index is 8.99. The Hall–Kier alpha value is -1.53. The molecule has 0 spiro atoms. The van der Waals surface area contributed by atoms with Gasteiger partial charge in [-0.25, -0.2) is 0 Å². The highest BCUT2D eigenvalue weighted by atomic mass is 16.7. The summed E-state index contributed by atoms with van der Waals surface area (Å²) in [6, 6.07) is 9.87. The van der Waals surface area contributed by atoms with E-state index in [0.717, 1.165) is 11.3 Å². The van der Waals surface area contributed by atoms with Crippen LogP contribution in [-0.2, 0) is 4.74 Å². The summed E-state index contributed by atoms with van der Waals surface area (Å²) in [5, 5.41) is 8.99. The van der Waals surface area contributed by atoms with Gasteiger partial charge < -0.3 is 9.47 Å². The van der Waals surface area contributed by atoms with Crippen LogP contribution in [0.4, 0.5) is 0 Å². The fraction of sp³-hybridized carbons (Fsp3) is 0.364. The van der Waals surface area contributed by atoms with E-state index >= 15 is 0 Å². The van der Waals surface area contributed by atoms with E-state index in [4.69, 9.17) is 14.7 Å². The molecule has 0 radical (unpaired) electrons. The molecule has 2 unspecified atom stereocenters. The number of para-hydroxylation sites is 1. The molecular formula is C11H11NO2. The molecule has 2 rings (SSSR count). The third kappa shape index (κ3) is 1.45. The van der Waals surface area contributed by atoms with Crippen LogP contribution in [0.15, 0.2) is 24.3 Å². The van der Waals surface area contributed by atoms with Gasteiger partial charge in [0.1, 0.15) is 5.75 Å². The van der Waals surface area contributed by atoms with Gasteiger partial charge in [0.15, 0.2) is 0 Å². The van der Waals surface area contributed by atoms with Crippen LogP contribution in [0, 0.1) is 11.3 Å². The van der Waals surface area contributed by atoms with Crippen LogP contribution in [0.1, 0.15) is 17.9 Å². The summed E-state index contributed by atoms with van der Waals surface area (Å²) < 4.78 is 10.6. The van der Waals surface area contributed by atoms with Crippen molar-refractivity contribution >= 4 is 0 Å². The first-order chi connectivity index (χ1) is 6.85. The van der Waals surface area contributed by atoms with E-state index in [-0.39, 0.29) is 12.2 Å². The fourth-order valence-electron chi connectivity index (χ4n) is 1.65. The quantitative estimate of drug-likeness (QED) is 0.679. The van der Waals surface area contributed by atoms with Crippen LogP contribution in [0.5, 0.6) is 5.75 Å². The summed E-state index contributed by atoms with van der Waals surface area (Å²) >= 11 is 0. The lowest BCUT2D eigenvalue weighted by Gasteiger charge is -2.27. The summed E-state index contributed by atoms with van der Waals surface area (Å²) in [6.07, 6.45) is 0.304. The van der Waals surface area contributed by atoms with Crippen molar-refractivity contribution in [2.45, 2.75) is 18.6 Å². The highest BCUT2D eigenvalue weighted by Crippen LogP contribution is 2.35. The van der Waals surface area contributed by atoms with Gasteiger partial charge in [0.05, 0.1) is 12.0 Å². The lowest BCUT2D eigenvalue weighted by molar-refractivity contribution is -0.0680. The monoisotopic (exact) mass is 189 g/mol. The first-order valence-corrected chi connectivity index (χ1v) is 4.53. The summed E-state index contributed by atoms with van der Waals surface area (Å²) in [5.74, 6) is 0.641. The van der Waals surface area contributed by atoms with E-state index in [2.05, 4.69) is 6.07 Å². The van der Waals surface area contributed by atoms with Crippen molar-refractivity contribution in [3.63, 3.8) is 0 Å². The Morgan fingerprint density at radius 1 is 1.50 bits per heavy atom. The second kappa shape index (κ2) is 3.69. The van der Waals surface area contributed by atoms with Gasteiger partial charge in [0.25, 0.3) is 0 Å². The number of hydrogen-bond acceptors (Lipinski definition) is 3. The standard InChI is InChI=1S/C11H11NO2/c1-13-11-6-8(7-12)9-4-2-3-5-10(9)14-11/h2-5,8,11H,6H2,1H3. The number of ether oxygens (including phenoxy) is 2. The third-order valence-corrected chi connectivity index (χ3v) is 2.40. The predicted octanol–water partition coefficient (Wildman–Crippen LogP) is 2.05. The predicted molar refractivity (Wildman–Crippen MR) is 50.8 cm³/mol. The number of nitriles is 1. The number of methoxy groups -OCH3 is 1. The average molecular weight is 189 g/mol. The zero-order valence-electron chi connectivity index (χ0n) is 7.93. The van der Waals surface area contributed by atoms with Crippen LogP contribution in [-0.4, -0.2) is 13.4 Å². The molecule has 72 valence electrons. The molecule has 14 heavy (non-hydrogen) atoms. The van der Waals surface area contributed by atoms with Gasteiger partial charge in [-0.3, -0.25) is 0 Å². The van der Waals surface area contributed by atoms with Gasteiger partial charge in [-0.2, -0.15) is 5.26 Å². The summed E-state index contributed by atoms with van der Waals surface area (Å²) in [6.45, 7) is 0. The molecule has 0 saturated heterocycles. The van der Waals surface area contributed by atoms with Crippen molar-refractivity contribution in [3.05, 3.63) is 29.8 Å².